The van der Waals surface area contributed by atoms with Gasteiger partial charge in [-0.15, -0.1) is 0 Å². The van der Waals surface area contributed by atoms with E-state index in [1.165, 1.54) is 0 Å². The van der Waals surface area contributed by atoms with Crippen LogP contribution in [-0.2, 0) is 9.59 Å². The van der Waals surface area contributed by atoms with Gasteiger partial charge in [0.15, 0.2) is 5.78 Å². The predicted molar refractivity (Wildman–Crippen MR) is 82.8 cm³/mol. The minimum Gasteiger partial charge on any atom is -0.481 e. The highest BCUT2D eigenvalue weighted by Gasteiger charge is 1.96. The lowest BCUT2D eigenvalue weighted by molar-refractivity contribution is -0.137. The number of aliphatic carboxylic acids is 1. The van der Waals surface area contributed by atoms with Gasteiger partial charge in [-0.05, 0) is 31.8 Å². The standard InChI is InChI=1S/C17H28O3/c1-2-3-13-16(18)14-11-9-7-5-4-6-8-10-12-15-17(19)20/h7,9,11,14H,2-6,8,10,12-13,15H2,1H3,(H,19,20)/b9-7-,14-11+. The van der Waals surface area contributed by atoms with Crippen LogP contribution in [0.1, 0.15) is 71.1 Å². The van der Waals surface area contributed by atoms with Gasteiger partial charge in [0, 0.05) is 12.8 Å². The zero-order valence-corrected chi connectivity index (χ0v) is 12.6. The summed E-state index contributed by atoms with van der Waals surface area (Å²) in [4.78, 5) is 21.6. The molecule has 0 radical (unpaired) electrons. The number of allylic oxidation sites excluding steroid dienone is 4. The van der Waals surface area contributed by atoms with Gasteiger partial charge in [-0.1, -0.05) is 50.8 Å². The Balaban J connectivity index is 3.37. The van der Waals surface area contributed by atoms with Gasteiger partial charge in [0.25, 0.3) is 0 Å². The van der Waals surface area contributed by atoms with Gasteiger partial charge < -0.3 is 5.11 Å². The van der Waals surface area contributed by atoms with Gasteiger partial charge in [0.05, 0.1) is 0 Å². The number of ketones is 1. The maximum absolute atomic E-state index is 11.3. The third-order valence-electron chi connectivity index (χ3n) is 3.07. The molecule has 0 aliphatic carbocycles. The van der Waals surface area contributed by atoms with Crippen LogP contribution >= 0.6 is 0 Å². The van der Waals surface area contributed by atoms with E-state index in [-0.39, 0.29) is 12.2 Å². The zero-order chi connectivity index (χ0) is 15.1. The molecule has 0 spiro atoms. The number of carbonyl (C=O) groups is 2. The maximum Gasteiger partial charge on any atom is 0.303 e. The lowest BCUT2D eigenvalue weighted by atomic mass is 10.1. The molecule has 0 bridgehead atoms. The minimum atomic E-state index is -0.701. The minimum absolute atomic E-state index is 0.204. The van der Waals surface area contributed by atoms with Crippen molar-refractivity contribution in [3.8, 4) is 0 Å². The highest BCUT2D eigenvalue weighted by Crippen LogP contribution is 2.07. The summed E-state index contributed by atoms with van der Waals surface area (Å²) >= 11 is 0. The molecule has 114 valence electrons. The summed E-state index contributed by atoms with van der Waals surface area (Å²) in [6.07, 6.45) is 16.6. The molecule has 0 aromatic heterocycles. The molecule has 0 aromatic carbocycles. The summed E-state index contributed by atoms with van der Waals surface area (Å²) < 4.78 is 0. The van der Waals surface area contributed by atoms with Crippen LogP contribution in [0.4, 0.5) is 0 Å². The maximum atomic E-state index is 11.3. The van der Waals surface area contributed by atoms with E-state index in [9.17, 15) is 9.59 Å². The molecular formula is C17H28O3. The van der Waals surface area contributed by atoms with E-state index in [4.69, 9.17) is 5.11 Å². The van der Waals surface area contributed by atoms with Crippen LogP contribution in [0.3, 0.4) is 0 Å². The second-order valence-electron chi connectivity index (χ2n) is 5.06. The average molecular weight is 280 g/mol. The fourth-order valence-corrected chi connectivity index (χ4v) is 1.84. The lowest BCUT2D eigenvalue weighted by Gasteiger charge is -1.97. The van der Waals surface area contributed by atoms with E-state index in [0.717, 1.165) is 51.4 Å². The fourth-order valence-electron chi connectivity index (χ4n) is 1.84. The molecular weight excluding hydrogens is 252 g/mol. The van der Waals surface area contributed by atoms with Crippen LogP contribution in [0.15, 0.2) is 24.3 Å². The molecule has 0 heterocycles. The molecule has 0 unspecified atom stereocenters. The Bertz CT molecular complexity index is 316. The van der Waals surface area contributed by atoms with Gasteiger partial charge in [0.2, 0.25) is 0 Å². The van der Waals surface area contributed by atoms with Crippen molar-refractivity contribution in [2.45, 2.75) is 71.1 Å². The van der Waals surface area contributed by atoms with Crippen molar-refractivity contribution in [1.82, 2.24) is 0 Å². The highest BCUT2D eigenvalue weighted by atomic mass is 16.4. The van der Waals surface area contributed by atoms with Crippen LogP contribution < -0.4 is 0 Å². The molecule has 0 atom stereocenters. The fraction of sp³-hybridized carbons (Fsp3) is 0.647. The summed E-state index contributed by atoms with van der Waals surface area (Å²) in [5.41, 5.74) is 0. The summed E-state index contributed by atoms with van der Waals surface area (Å²) in [6, 6.07) is 0. The van der Waals surface area contributed by atoms with E-state index in [1.54, 1.807) is 6.08 Å². The number of rotatable bonds is 13. The Kier molecular flexibility index (Phi) is 13.1. The van der Waals surface area contributed by atoms with Crippen LogP contribution in [-0.4, -0.2) is 16.9 Å². The van der Waals surface area contributed by atoms with Gasteiger partial charge in [-0.3, -0.25) is 9.59 Å². The molecule has 0 aliphatic rings. The van der Waals surface area contributed by atoms with E-state index >= 15 is 0 Å². The number of carbonyl (C=O) groups excluding carboxylic acids is 1. The predicted octanol–water partition coefficient (Wildman–Crippen LogP) is 4.67. The number of unbranched alkanes of at least 4 members (excludes halogenated alkanes) is 6. The third kappa shape index (κ3) is 14.7. The Morgan fingerprint density at radius 1 is 0.900 bits per heavy atom. The van der Waals surface area contributed by atoms with Crippen molar-refractivity contribution in [3.05, 3.63) is 24.3 Å². The molecule has 3 heteroatoms. The molecule has 20 heavy (non-hydrogen) atoms. The average Bonchev–Trinajstić information content (AvgIpc) is 2.42. The Labute approximate surface area is 122 Å². The monoisotopic (exact) mass is 280 g/mol. The van der Waals surface area contributed by atoms with Crippen molar-refractivity contribution in [1.29, 1.82) is 0 Å². The van der Waals surface area contributed by atoms with Crippen LogP contribution in [0.5, 0.6) is 0 Å². The van der Waals surface area contributed by atoms with Crippen molar-refractivity contribution in [3.63, 3.8) is 0 Å². The van der Waals surface area contributed by atoms with Gasteiger partial charge in [-0.2, -0.15) is 0 Å². The lowest BCUT2D eigenvalue weighted by Crippen LogP contribution is -1.93. The molecule has 0 amide bonds. The van der Waals surface area contributed by atoms with Crippen molar-refractivity contribution >= 4 is 11.8 Å². The first-order valence-electron chi connectivity index (χ1n) is 7.74. The number of carboxylic acids is 1. The first kappa shape index (κ1) is 18.6. The van der Waals surface area contributed by atoms with E-state index in [2.05, 4.69) is 13.0 Å². The molecule has 3 nitrogen and oxygen atoms in total. The SMILES string of the molecule is CCCCC(=O)/C=C/C=C\CCCCCCCC(=O)O. The number of hydrogen-bond acceptors (Lipinski definition) is 2. The molecule has 0 aliphatic heterocycles. The normalized spacial score (nSPS) is 11.4. The van der Waals surface area contributed by atoms with E-state index in [0.29, 0.717) is 6.42 Å². The third-order valence-corrected chi connectivity index (χ3v) is 3.07. The van der Waals surface area contributed by atoms with Gasteiger partial charge in [0.1, 0.15) is 0 Å². The summed E-state index contributed by atoms with van der Waals surface area (Å²) in [7, 11) is 0. The quantitative estimate of drug-likeness (QED) is 0.303. The molecule has 0 fully saturated rings. The Hall–Kier alpha value is -1.38. The molecule has 0 saturated heterocycles. The summed E-state index contributed by atoms with van der Waals surface area (Å²) in [6.45, 7) is 2.08. The summed E-state index contributed by atoms with van der Waals surface area (Å²) in [5.74, 6) is -0.497. The Morgan fingerprint density at radius 3 is 2.30 bits per heavy atom. The van der Waals surface area contributed by atoms with Crippen LogP contribution in [0.25, 0.3) is 0 Å². The topological polar surface area (TPSA) is 54.4 Å². The molecule has 0 rings (SSSR count). The second kappa shape index (κ2) is 14.0. The largest absolute Gasteiger partial charge is 0.481 e. The van der Waals surface area contributed by atoms with Crippen molar-refractivity contribution in [2.24, 2.45) is 0 Å². The molecule has 0 saturated carbocycles. The van der Waals surface area contributed by atoms with Crippen molar-refractivity contribution in [2.75, 3.05) is 0 Å². The molecule has 0 aromatic rings. The van der Waals surface area contributed by atoms with Crippen molar-refractivity contribution < 1.29 is 14.7 Å². The van der Waals surface area contributed by atoms with Crippen LogP contribution in [0, 0.1) is 0 Å². The van der Waals surface area contributed by atoms with Gasteiger partial charge >= 0.3 is 5.97 Å². The summed E-state index contributed by atoms with van der Waals surface area (Å²) in [5, 5.41) is 8.48. The van der Waals surface area contributed by atoms with E-state index < -0.39 is 5.97 Å². The second-order valence-corrected chi connectivity index (χ2v) is 5.06. The first-order valence-corrected chi connectivity index (χ1v) is 7.74. The molecule has 1 N–H and O–H groups in total. The Morgan fingerprint density at radius 2 is 1.60 bits per heavy atom. The van der Waals surface area contributed by atoms with Crippen LogP contribution in [0.2, 0.25) is 0 Å². The number of hydrogen-bond donors (Lipinski definition) is 1. The zero-order valence-electron chi connectivity index (χ0n) is 12.6. The first-order chi connectivity index (χ1) is 9.66. The smallest absolute Gasteiger partial charge is 0.303 e. The number of carboxylic acid groups (broad SMARTS) is 1. The highest BCUT2D eigenvalue weighted by molar-refractivity contribution is 5.89. The van der Waals surface area contributed by atoms with E-state index in [1.807, 2.05) is 12.2 Å². The van der Waals surface area contributed by atoms with Gasteiger partial charge in [-0.25, -0.2) is 0 Å².